The lowest BCUT2D eigenvalue weighted by molar-refractivity contribution is -0.0505. The zero-order valence-electron chi connectivity index (χ0n) is 22.1. The Kier molecular flexibility index (Phi) is 7.80. The fraction of sp³-hybridized carbons (Fsp3) is 0.538. The molecule has 2 bridgehead atoms. The predicted molar refractivity (Wildman–Crippen MR) is 142 cm³/mol. The van der Waals surface area contributed by atoms with Gasteiger partial charge in [0.05, 0.1) is 12.7 Å². The number of hydrogen-bond acceptors (Lipinski definition) is 9. The van der Waals surface area contributed by atoms with Gasteiger partial charge in [0.2, 0.25) is 5.95 Å². The van der Waals surface area contributed by atoms with E-state index in [0.29, 0.717) is 47.0 Å². The third-order valence-corrected chi connectivity index (χ3v) is 7.59. The number of likely N-dealkylation sites (N-methyl/N-ethyl adjacent to an activating group) is 1. The topological polar surface area (TPSA) is 135 Å². The van der Waals surface area contributed by atoms with Crippen LogP contribution in [0, 0.1) is 0 Å². The van der Waals surface area contributed by atoms with Crippen LogP contribution in [0.25, 0.3) is 11.0 Å². The summed E-state index contributed by atoms with van der Waals surface area (Å²) >= 11 is 0. The maximum Gasteiger partial charge on any atom is 0.387 e. The average molecular weight is 545 g/mol. The van der Waals surface area contributed by atoms with Crippen molar-refractivity contribution in [3.8, 4) is 5.75 Å². The molecule has 2 fully saturated rings. The Morgan fingerprint density at radius 1 is 1.26 bits per heavy atom. The van der Waals surface area contributed by atoms with E-state index in [2.05, 4.69) is 25.3 Å². The Labute approximate surface area is 224 Å². The zero-order valence-corrected chi connectivity index (χ0v) is 22.1. The summed E-state index contributed by atoms with van der Waals surface area (Å²) in [5.41, 5.74) is 7.68. The first-order chi connectivity index (χ1) is 18.8. The highest BCUT2D eigenvalue weighted by atomic mass is 19.3. The molecule has 3 atom stereocenters. The quantitative estimate of drug-likeness (QED) is 0.333. The van der Waals surface area contributed by atoms with Crippen molar-refractivity contribution in [3.63, 3.8) is 0 Å². The van der Waals surface area contributed by atoms with Crippen molar-refractivity contribution >= 4 is 28.7 Å². The lowest BCUT2D eigenvalue weighted by Gasteiger charge is -2.32. The number of nitrogens with zero attached hydrogens (tertiary/aromatic N) is 6. The lowest BCUT2D eigenvalue weighted by atomic mass is 10.1. The van der Waals surface area contributed by atoms with Crippen molar-refractivity contribution in [2.24, 2.45) is 0 Å². The Morgan fingerprint density at radius 3 is 2.74 bits per heavy atom. The van der Waals surface area contributed by atoms with Crippen molar-refractivity contribution < 1.29 is 23.4 Å². The molecule has 3 aromatic rings. The number of anilines is 2. The summed E-state index contributed by atoms with van der Waals surface area (Å²) in [7, 11) is 2.05. The van der Waals surface area contributed by atoms with Crippen LogP contribution in [-0.2, 0) is 6.54 Å². The van der Waals surface area contributed by atoms with Crippen molar-refractivity contribution in [2.75, 3.05) is 37.8 Å². The number of rotatable bonds is 11. The third-order valence-electron chi connectivity index (χ3n) is 7.59. The van der Waals surface area contributed by atoms with E-state index in [0.717, 1.165) is 25.8 Å². The number of benzene rings is 1. The molecule has 0 unspecified atom stereocenters. The molecule has 39 heavy (non-hydrogen) atoms. The van der Waals surface area contributed by atoms with Gasteiger partial charge in [-0.2, -0.15) is 18.9 Å². The minimum absolute atomic E-state index is 0.00949. The van der Waals surface area contributed by atoms with Crippen LogP contribution < -0.4 is 15.8 Å². The number of alkyl halides is 2. The molecule has 210 valence electrons. The molecule has 0 saturated carbocycles. The van der Waals surface area contributed by atoms with E-state index in [-0.39, 0.29) is 42.8 Å². The first-order valence-electron chi connectivity index (χ1n) is 13.2. The van der Waals surface area contributed by atoms with Gasteiger partial charge >= 0.3 is 6.61 Å². The maximum absolute atomic E-state index is 13.4. The Bertz CT molecular complexity index is 1330. The Hall–Kier alpha value is -3.58. The molecule has 0 radical (unpaired) electrons. The number of aliphatic hydroxyl groups excluding tert-OH is 1. The van der Waals surface area contributed by atoms with Crippen LogP contribution in [0.4, 0.5) is 20.5 Å². The number of piperazine rings is 1. The lowest BCUT2D eigenvalue weighted by Crippen LogP contribution is -2.47. The number of likely N-dealkylation sites (tertiary alicyclic amines) is 2. The highest BCUT2D eigenvalue weighted by molar-refractivity contribution is 5.95. The summed E-state index contributed by atoms with van der Waals surface area (Å²) in [5, 5.41) is 17.2. The van der Waals surface area contributed by atoms with E-state index in [1.807, 2.05) is 18.9 Å². The van der Waals surface area contributed by atoms with E-state index in [1.54, 1.807) is 16.8 Å². The number of hydrogen-bond donors (Lipinski definition) is 3. The molecule has 5 rings (SSSR count). The standard InChI is InChI=1S/C26H34F2N8O3/c1-3-4-17(7-8-37)31-23-22-20(32-26(29)33-23)11-30-36(22)12-16-6-5-15(9-21(16)39-25(27)28)24(38)35-14-18-10-19(35)13-34(18)2/h5-6,9,11,17-19,25,37H,3-4,7-8,10,12-14H2,1-2H3,(H3,29,31,32,33)/t17-,18+,19+/m0/s1. The molecule has 2 aliphatic rings. The fourth-order valence-corrected chi connectivity index (χ4v) is 5.69. The third kappa shape index (κ3) is 5.59. The average Bonchev–Trinajstić information content (AvgIpc) is 3.58. The molecular weight excluding hydrogens is 510 g/mol. The number of amides is 1. The second-order valence-corrected chi connectivity index (χ2v) is 10.3. The second-order valence-electron chi connectivity index (χ2n) is 10.3. The van der Waals surface area contributed by atoms with Gasteiger partial charge in [-0.05, 0) is 38.4 Å². The number of fused-ring (bicyclic) bond motifs is 3. The number of nitrogen functional groups attached to an aromatic ring is 1. The van der Waals surface area contributed by atoms with Crippen LogP contribution in [-0.4, -0.2) is 92.0 Å². The molecule has 2 aromatic heterocycles. The molecule has 1 amide bonds. The number of aromatic nitrogens is 4. The smallest absolute Gasteiger partial charge is 0.387 e. The number of carbonyl (C=O) groups is 1. The molecule has 2 aliphatic heterocycles. The molecule has 1 aromatic carbocycles. The largest absolute Gasteiger partial charge is 0.434 e. The van der Waals surface area contributed by atoms with Gasteiger partial charge in [0.15, 0.2) is 5.82 Å². The second kappa shape index (κ2) is 11.3. The first kappa shape index (κ1) is 27.0. The Morgan fingerprint density at radius 2 is 2.08 bits per heavy atom. The van der Waals surface area contributed by atoms with Crippen LogP contribution in [0.15, 0.2) is 24.4 Å². The monoisotopic (exact) mass is 544 g/mol. The maximum atomic E-state index is 13.4. The summed E-state index contributed by atoms with van der Waals surface area (Å²) in [4.78, 5) is 26.0. The molecule has 11 nitrogen and oxygen atoms in total. The van der Waals surface area contributed by atoms with Gasteiger partial charge in [-0.25, -0.2) is 4.98 Å². The van der Waals surface area contributed by atoms with Gasteiger partial charge in [0.1, 0.15) is 16.8 Å². The predicted octanol–water partition coefficient (Wildman–Crippen LogP) is 2.55. The molecule has 0 spiro atoms. The van der Waals surface area contributed by atoms with Gasteiger partial charge < -0.3 is 25.8 Å². The molecule has 2 saturated heterocycles. The highest BCUT2D eigenvalue weighted by Crippen LogP contribution is 2.32. The summed E-state index contributed by atoms with van der Waals surface area (Å²) in [6.45, 7) is 0.497. The highest BCUT2D eigenvalue weighted by Gasteiger charge is 2.43. The van der Waals surface area contributed by atoms with E-state index in [1.165, 1.54) is 12.3 Å². The van der Waals surface area contributed by atoms with Crippen molar-refractivity contribution in [1.82, 2.24) is 29.5 Å². The van der Waals surface area contributed by atoms with Crippen molar-refractivity contribution in [1.29, 1.82) is 0 Å². The summed E-state index contributed by atoms with van der Waals surface area (Å²) in [5.74, 6) is 0.234. The van der Waals surface area contributed by atoms with Gasteiger partial charge in [-0.3, -0.25) is 14.4 Å². The van der Waals surface area contributed by atoms with Crippen LogP contribution in [0.2, 0.25) is 0 Å². The van der Waals surface area contributed by atoms with Gasteiger partial charge in [0.25, 0.3) is 5.91 Å². The Balaban J connectivity index is 1.45. The molecule has 4 heterocycles. The van der Waals surface area contributed by atoms with E-state index < -0.39 is 6.61 Å². The zero-order chi connectivity index (χ0) is 27.7. The number of halogens is 2. The van der Waals surface area contributed by atoms with Gasteiger partial charge in [0, 0.05) is 48.9 Å². The van der Waals surface area contributed by atoms with E-state index >= 15 is 0 Å². The minimum atomic E-state index is -3.06. The van der Waals surface area contributed by atoms with Crippen molar-refractivity contribution in [3.05, 3.63) is 35.5 Å². The molecule has 0 aliphatic carbocycles. The normalized spacial score (nSPS) is 19.8. The number of nitrogens with one attached hydrogen (secondary N) is 1. The van der Waals surface area contributed by atoms with Crippen molar-refractivity contribution in [2.45, 2.75) is 63.9 Å². The number of nitrogens with two attached hydrogens (primary N) is 1. The van der Waals surface area contributed by atoms with E-state index in [9.17, 15) is 18.7 Å². The SMILES string of the molecule is CCC[C@@H](CCO)Nc1nc(N)nc2cnn(Cc3ccc(C(=O)N4C[C@H]5C[C@@H]4CN5C)cc3OC(F)F)c12. The minimum Gasteiger partial charge on any atom is -0.434 e. The summed E-state index contributed by atoms with van der Waals surface area (Å²) < 4.78 is 33.3. The summed E-state index contributed by atoms with van der Waals surface area (Å²) in [6, 6.07) is 5.06. The van der Waals surface area contributed by atoms with Gasteiger partial charge in [-0.15, -0.1) is 0 Å². The van der Waals surface area contributed by atoms with Crippen LogP contribution >= 0.6 is 0 Å². The molecular formula is C26H34F2N8O3. The van der Waals surface area contributed by atoms with Crippen LogP contribution in [0.5, 0.6) is 5.75 Å². The summed E-state index contributed by atoms with van der Waals surface area (Å²) in [6.07, 6.45) is 4.68. The van der Waals surface area contributed by atoms with Crippen LogP contribution in [0.3, 0.4) is 0 Å². The van der Waals surface area contributed by atoms with Gasteiger partial charge in [-0.1, -0.05) is 19.4 Å². The fourth-order valence-electron chi connectivity index (χ4n) is 5.69. The number of carbonyl (C=O) groups excluding carboxylic acids is 1. The number of aliphatic hydroxyl groups is 1. The molecule has 4 N–H and O–H groups in total. The first-order valence-corrected chi connectivity index (χ1v) is 13.2. The molecule has 13 heteroatoms. The number of ether oxygens (including phenoxy) is 1. The van der Waals surface area contributed by atoms with E-state index in [4.69, 9.17) is 10.5 Å². The van der Waals surface area contributed by atoms with Crippen LogP contribution in [0.1, 0.15) is 48.5 Å².